The number of halogens is 2. The van der Waals surface area contributed by atoms with Gasteiger partial charge in [-0.05, 0) is 53.6 Å². The molecule has 102 valence electrons. The fourth-order valence-electron chi connectivity index (χ4n) is 2.35. The van der Waals surface area contributed by atoms with E-state index >= 15 is 0 Å². The highest BCUT2D eigenvalue weighted by molar-refractivity contribution is 14.1. The Kier molecular flexibility index (Phi) is 4.67. The number of carbonyl (C=O) groups excluding carboxylic acids is 1. The van der Waals surface area contributed by atoms with Crippen LogP contribution in [-0.2, 0) is 4.79 Å². The number of nitrogens with one attached hydrogen (secondary N) is 1. The highest BCUT2D eigenvalue weighted by atomic mass is 127. The monoisotopic (exact) mass is 393 g/mol. The van der Waals surface area contributed by atoms with Crippen molar-refractivity contribution in [3.63, 3.8) is 0 Å². The molecular weight excluding hydrogens is 381 g/mol. The number of carboxylic acids is 1. The zero-order valence-electron chi connectivity index (χ0n) is 10.0. The van der Waals surface area contributed by atoms with E-state index < -0.39 is 11.9 Å². The third-order valence-electron chi connectivity index (χ3n) is 3.32. The largest absolute Gasteiger partial charge is 0.481 e. The van der Waals surface area contributed by atoms with Crippen molar-refractivity contribution in [2.24, 2.45) is 5.92 Å². The summed E-state index contributed by atoms with van der Waals surface area (Å²) in [6.07, 6.45) is 2.15. The Balaban J connectivity index is 2.12. The maximum absolute atomic E-state index is 12.2. The summed E-state index contributed by atoms with van der Waals surface area (Å²) >= 11 is 7.94. The number of carbonyl (C=O) groups is 2. The van der Waals surface area contributed by atoms with E-state index in [1.807, 2.05) is 0 Å². The molecule has 2 rings (SSSR count). The number of hydrogen-bond donors (Lipinski definition) is 2. The lowest BCUT2D eigenvalue weighted by molar-refractivity contribution is -0.142. The van der Waals surface area contributed by atoms with Crippen LogP contribution in [0.4, 0.5) is 0 Å². The van der Waals surface area contributed by atoms with Crippen LogP contribution in [0, 0.1) is 9.49 Å². The molecule has 0 aromatic heterocycles. The number of benzene rings is 1. The lowest BCUT2D eigenvalue weighted by atomic mass is 10.0. The molecule has 2 atom stereocenters. The molecule has 1 aliphatic rings. The molecule has 1 saturated carbocycles. The quantitative estimate of drug-likeness (QED) is 0.776. The van der Waals surface area contributed by atoms with Gasteiger partial charge in [0.2, 0.25) is 0 Å². The molecule has 0 spiro atoms. The molecule has 6 heteroatoms. The second-order valence-corrected chi connectivity index (χ2v) is 6.18. The van der Waals surface area contributed by atoms with E-state index in [4.69, 9.17) is 16.7 Å². The lowest BCUT2D eigenvalue weighted by Crippen LogP contribution is -2.40. The van der Waals surface area contributed by atoms with Crippen LogP contribution in [0.3, 0.4) is 0 Å². The standard InChI is InChI=1S/C13H13ClINO3/c14-7-4-5-10(15)9(6-7)12(17)16-11-3-1-2-8(11)13(18)19/h4-6,8,11H,1-3H2,(H,16,17)(H,18,19)/t8-,11+/m1/s1. The van der Waals surface area contributed by atoms with Crippen LogP contribution in [0.25, 0.3) is 0 Å². The van der Waals surface area contributed by atoms with Gasteiger partial charge in [-0.1, -0.05) is 18.0 Å². The predicted octanol–water partition coefficient (Wildman–Crippen LogP) is 2.93. The van der Waals surface area contributed by atoms with E-state index in [1.165, 1.54) is 0 Å². The summed E-state index contributed by atoms with van der Waals surface area (Å²) in [6, 6.07) is 4.79. The molecule has 0 radical (unpaired) electrons. The SMILES string of the molecule is O=C(N[C@H]1CCC[C@H]1C(=O)O)c1cc(Cl)ccc1I. The van der Waals surface area contributed by atoms with E-state index in [2.05, 4.69) is 27.9 Å². The van der Waals surface area contributed by atoms with Crippen molar-refractivity contribution in [3.8, 4) is 0 Å². The van der Waals surface area contributed by atoms with Crippen molar-refractivity contribution in [2.75, 3.05) is 0 Å². The van der Waals surface area contributed by atoms with Crippen molar-refractivity contribution in [1.29, 1.82) is 0 Å². The Hall–Kier alpha value is -0.820. The highest BCUT2D eigenvalue weighted by Crippen LogP contribution is 2.26. The van der Waals surface area contributed by atoms with Gasteiger partial charge in [0.25, 0.3) is 5.91 Å². The van der Waals surface area contributed by atoms with Gasteiger partial charge in [-0.25, -0.2) is 0 Å². The Morgan fingerprint density at radius 1 is 1.37 bits per heavy atom. The van der Waals surface area contributed by atoms with Crippen LogP contribution >= 0.6 is 34.2 Å². The van der Waals surface area contributed by atoms with Gasteiger partial charge in [0.05, 0.1) is 11.5 Å². The van der Waals surface area contributed by atoms with E-state index in [9.17, 15) is 9.59 Å². The van der Waals surface area contributed by atoms with Gasteiger partial charge in [-0.3, -0.25) is 9.59 Å². The molecule has 1 fully saturated rings. The molecule has 2 N–H and O–H groups in total. The van der Waals surface area contributed by atoms with Crippen LogP contribution in [-0.4, -0.2) is 23.0 Å². The highest BCUT2D eigenvalue weighted by Gasteiger charge is 2.34. The topological polar surface area (TPSA) is 66.4 Å². The number of aliphatic carboxylic acids is 1. The number of rotatable bonds is 3. The second kappa shape index (κ2) is 6.09. The van der Waals surface area contributed by atoms with Crippen molar-refractivity contribution in [1.82, 2.24) is 5.32 Å². The van der Waals surface area contributed by atoms with Crippen LogP contribution in [0.1, 0.15) is 29.6 Å². The molecule has 1 aliphatic carbocycles. The molecule has 0 bridgehead atoms. The first-order valence-electron chi connectivity index (χ1n) is 5.98. The predicted molar refractivity (Wildman–Crippen MR) is 80.4 cm³/mol. The van der Waals surface area contributed by atoms with Gasteiger partial charge in [0.1, 0.15) is 0 Å². The van der Waals surface area contributed by atoms with Gasteiger partial charge < -0.3 is 10.4 Å². The zero-order valence-corrected chi connectivity index (χ0v) is 12.9. The maximum Gasteiger partial charge on any atom is 0.308 e. The van der Waals surface area contributed by atoms with Gasteiger partial charge in [0.15, 0.2) is 0 Å². The minimum atomic E-state index is -0.844. The fourth-order valence-corrected chi connectivity index (χ4v) is 3.10. The Morgan fingerprint density at radius 2 is 2.11 bits per heavy atom. The Labute approximate surface area is 129 Å². The minimum absolute atomic E-state index is 0.259. The van der Waals surface area contributed by atoms with Crippen molar-refractivity contribution in [3.05, 3.63) is 32.4 Å². The molecule has 1 aromatic rings. The average molecular weight is 394 g/mol. The summed E-state index contributed by atoms with van der Waals surface area (Å²) in [5.41, 5.74) is 0.490. The van der Waals surface area contributed by atoms with E-state index in [0.717, 1.165) is 9.99 Å². The van der Waals surface area contributed by atoms with E-state index in [1.54, 1.807) is 18.2 Å². The van der Waals surface area contributed by atoms with Crippen LogP contribution in [0.15, 0.2) is 18.2 Å². The number of hydrogen-bond acceptors (Lipinski definition) is 2. The Bertz CT molecular complexity index is 521. The molecule has 1 aromatic carbocycles. The minimum Gasteiger partial charge on any atom is -0.481 e. The van der Waals surface area contributed by atoms with Gasteiger partial charge in [0, 0.05) is 14.6 Å². The fraction of sp³-hybridized carbons (Fsp3) is 0.385. The van der Waals surface area contributed by atoms with Crippen molar-refractivity contribution < 1.29 is 14.7 Å². The van der Waals surface area contributed by atoms with Crippen molar-refractivity contribution >= 4 is 46.1 Å². The molecule has 19 heavy (non-hydrogen) atoms. The average Bonchev–Trinajstić information content (AvgIpc) is 2.80. The van der Waals surface area contributed by atoms with Gasteiger partial charge in [-0.15, -0.1) is 0 Å². The molecule has 0 unspecified atom stereocenters. The summed E-state index contributed by atoms with van der Waals surface area (Å²) in [4.78, 5) is 23.3. The van der Waals surface area contributed by atoms with Crippen LogP contribution < -0.4 is 5.32 Å². The third-order valence-corrected chi connectivity index (χ3v) is 4.50. The normalized spacial score (nSPS) is 22.2. The first-order chi connectivity index (χ1) is 8.99. The molecule has 1 amide bonds. The summed E-state index contributed by atoms with van der Waals surface area (Å²) in [6.45, 7) is 0. The lowest BCUT2D eigenvalue weighted by Gasteiger charge is -2.18. The van der Waals surface area contributed by atoms with E-state index in [0.29, 0.717) is 23.4 Å². The number of amides is 1. The number of carboxylic acid groups (broad SMARTS) is 1. The second-order valence-electron chi connectivity index (χ2n) is 4.58. The molecule has 4 nitrogen and oxygen atoms in total. The summed E-state index contributed by atoms with van der Waals surface area (Å²) in [5.74, 6) is -1.59. The first kappa shape index (κ1) is 14.6. The summed E-state index contributed by atoms with van der Waals surface area (Å²) in [7, 11) is 0. The molecule has 0 aliphatic heterocycles. The van der Waals surface area contributed by atoms with Gasteiger partial charge in [-0.2, -0.15) is 0 Å². The molecule has 0 saturated heterocycles. The smallest absolute Gasteiger partial charge is 0.308 e. The van der Waals surface area contributed by atoms with Crippen LogP contribution in [0.2, 0.25) is 5.02 Å². The zero-order chi connectivity index (χ0) is 14.0. The Morgan fingerprint density at radius 3 is 2.79 bits per heavy atom. The molecule has 0 heterocycles. The van der Waals surface area contributed by atoms with Crippen molar-refractivity contribution in [2.45, 2.75) is 25.3 Å². The summed E-state index contributed by atoms with van der Waals surface area (Å²) < 4.78 is 0.796. The van der Waals surface area contributed by atoms with Crippen LogP contribution in [0.5, 0.6) is 0 Å². The maximum atomic E-state index is 12.2. The third kappa shape index (κ3) is 3.39. The van der Waals surface area contributed by atoms with Gasteiger partial charge >= 0.3 is 5.97 Å². The van der Waals surface area contributed by atoms with E-state index in [-0.39, 0.29) is 11.9 Å². The first-order valence-corrected chi connectivity index (χ1v) is 7.43. The molecular formula is C13H13ClINO3. The summed E-state index contributed by atoms with van der Waals surface area (Å²) in [5, 5.41) is 12.4.